The summed E-state index contributed by atoms with van der Waals surface area (Å²) in [6.07, 6.45) is 1.39. The van der Waals surface area contributed by atoms with E-state index >= 15 is 0 Å². The molecule has 0 saturated heterocycles. The Kier molecular flexibility index (Phi) is 6.68. The van der Waals surface area contributed by atoms with E-state index in [9.17, 15) is 14.4 Å². The Bertz CT molecular complexity index is 1440. The number of benzene rings is 3. The molecule has 4 rings (SSSR count). The summed E-state index contributed by atoms with van der Waals surface area (Å²) in [7, 11) is 4.42. The predicted octanol–water partition coefficient (Wildman–Crippen LogP) is 4.06. The number of H-pyrrole nitrogens is 1. The zero-order valence-electron chi connectivity index (χ0n) is 19.3. The van der Waals surface area contributed by atoms with E-state index in [4.69, 9.17) is 14.2 Å². The fourth-order valence-electron chi connectivity index (χ4n) is 3.59. The topological polar surface area (TPSA) is 119 Å². The van der Waals surface area contributed by atoms with Crippen molar-refractivity contribution in [3.8, 4) is 17.2 Å². The highest BCUT2D eigenvalue weighted by molar-refractivity contribution is 6.07. The standard InChI is InChI=1S/C26H23N3O6/c1-33-21-12-15(13-22(34-2)24(21)35-3)25(31)28-16-8-10-17(11-9-16)29-26(32)19-14-27-20-7-5-4-6-18(20)23(19)30/h4-14H,1-3H3,(H,27,30)(H,28,31)(H,29,32). The van der Waals surface area contributed by atoms with Crippen LogP contribution in [0.3, 0.4) is 0 Å². The second-order valence-corrected chi connectivity index (χ2v) is 7.48. The molecular formula is C26H23N3O6. The zero-order chi connectivity index (χ0) is 24.9. The average Bonchev–Trinajstić information content (AvgIpc) is 2.89. The summed E-state index contributed by atoms with van der Waals surface area (Å²) in [6, 6.07) is 16.6. The maximum atomic E-state index is 12.8. The van der Waals surface area contributed by atoms with Gasteiger partial charge in [0.15, 0.2) is 11.5 Å². The van der Waals surface area contributed by atoms with Crippen LogP contribution in [0.1, 0.15) is 20.7 Å². The molecule has 1 aromatic heterocycles. The molecule has 0 fully saturated rings. The summed E-state index contributed by atoms with van der Waals surface area (Å²) in [5.74, 6) is 0.185. The molecule has 3 aromatic carbocycles. The fourth-order valence-corrected chi connectivity index (χ4v) is 3.59. The summed E-state index contributed by atoms with van der Waals surface area (Å²) in [4.78, 5) is 41.0. The molecule has 0 aliphatic heterocycles. The summed E-state index contributed by atoms with van der Waals surface area (Å²) in [5, 5.41) is 5.92. The Balaban J connectivity index is 1.48. The largest absolute Gasteiger partial charge is 0.493 e. The van der Waals surface area contributed by atoms with Crippen molar-refractivity contribution in [3.05, 3.63) is 88.2 Å². The second kappa shape index (κ2) is 10.0. The third kappa shape index (κ3) is 4.79. The lowest BCUT2D eigenvalue weighted by Crippen LogP contribution is -2.21. The van der Waals surface area contributed by atoms with E-state index < -0.39 is 5.91 Å². The molecule has 0 spiro atoms. The highest BCUT2D eigenvalue weighted by Gasteiger charge is 2.17. The minimum atomic E-state index is -0.536. The van der Waals surface area contributed by atoms with Crippen molar-refractivity contribution in [2.24, 2.45) is 0 Å². The Morgan fingerprint density at radius 3 is 1.91 bits per heavy atom. The Morgan fingerprint density at radius 1 is 0.771 bits per heavy atom. The summed E-state index contributed by atoms with van der Waals surface area (Å²) in [6.45, 7) is 0. The number of carbonyl (C=O) groups excluding carboxylic acids is 2. The number of anilines is 2. The predicted molar refractivity (Wildman–Crippen MR) is 133 cm³/mol. The number of para-hydroxylation sites is 1. The molecule has 0 aliphatic rings. The number of ether oxygens (including phenoxy) is 3. The Labute approximate surface area is 200 Å². The van der Waals surface area contributed by atoms with Crippen molar-refractivity contribution >= 4 is 34.1 Å². The van der Waals surface area contributed by atoms with Crippen molar-refractivity contribution in [2.75, 3.05) is 32.0 Å². The van der Waals surface area contributed by atoms with Gasteiger partial charge in [0.05, 0.1) is 21.3 Å². The van der Waals surface area contributed by atoms with Crippen LogP contribution in [0, 0.1) is 0 Å². The number of rotatable bonds is 7. The number of aromatic amines is 1. The van der Waals surface area contributed by atoms with Crippen LogP contribution in [-0.4, -0.2) is 38.1 Å². The van der Waals surface area contributed by atoms with Crippen molar-refractivity contribution in [2.45, 2.75) is 0 Å². The van der Waals surface area contributed by atoms with Gasteiger partial charge in [0.1, 0.15) is 5.56 Å². The van der Waals surface area contributed by atoms with Gasteiger partial charge in [-0.2, -0.15) is 0 Å². The van der Waals surface area contributed by atoms with Gasteiger partial charge in [0.2, 0.25) is 11.2 Å². The monoisotopic (exact) mass is 473 g/mol. The third-order valence-electron chi connectivity index (χ3n) is 5.36. The minimum absolute atomic E-state index is 0.00322. The second-order valence-electron chi connectivity index (χ2n) is 7.48. The maximum Gasteiger partial charge on any atom is 0.261 e. The van der Waals surface area contributed by atoms with Crippen molar-refractivity contribution in [1.29, 1.82) is 0 Å². The summed E-state index contributed by atoms with van der Waals surface area (Å²) >= 11 is 0. The van der Waals surface area contributed by atoms with Crippen LogP contribution in [0.2, 0.25) is 0 Å². The lowest BCUT2D eigenvalue weighted by molar-refractivity contribution is 0.101. The van der Waals surface area contributed by atoms with Crippen LogP contribution in [0.5, 0.6) is 17.2 Å². The Morgan fingerprint density at radius 2 is 1.34 bits per heavy atom. The first-order chi connectivity index (χ1) is 16.9. The van der Waals surface area contributed by atoms with Gasteiger partial charge in [0.25, 0.3) is 11.8 Å². The molecule has 0 bridgehead atoms. The SMILES string of the molecule is COc1cc(C(=O)Nc2ccc(NC(=O)c3c[nH]c4ccccc4c3=O)cc2)cc(OC)c1OC. The number of amides is 2. The number of aromatic nitrogens is 1. The molecule has 0 atom stereocenters. The van der Waals surface area contributed by atoms with Gasteiger partial charge in [0, 0.05) is 34.0 Å². The van der Waals surface area contributed by atoms with Crippen LogP contribution in [0.15, 0.2) is 71.7 Å². The molecule has 0 unspecified atom stereocenters. The maximum absolute atomic E-state index is 12.8. The van der Waals surface area contributed by atoms with Crippen molar-refractivity contribution in [3.63, 3.8) is 0 Å². The van der Waals surface area contributed by atoms with E-state index in [-0.39, 0.29) is 16.9 Å². The first-order valence-electron chi connectivity index (χ1n) is 10.6. The molecule has 9 nitrogen and oxygen atoms in total. The van der Waals surface area contributed by atoms with Crippen molar-refractivity contribution < 1.29 is 23.8 Å². The van der Waals surface area contributed by atoms with Crippen LogP contribution < -0.4 is 30.3 Å². The van der Waals surface area contributed by atoms with Crippen LogP contribution in [0.25, 0.3) is 10.9 Å². The molecule has 4 aromatic rings. The summed E-state index contributed by atoms with van der Waals surface area (Å²) in [5.41, 5.74) is 1.59. The molecule has 2 amide bonds. The molecule has 9 heteroatoms. The molecule has 178 valence electrons. The Hall–Kier alpha value is -4.79. The van der Waals surface area contributed by atoms with Gasteiger partial charge in [-0.05, 0) is 48.5 Å². The number of methoxy groups -OCH3 is 3. The number of hydrogen-bond donors (Lipinski definition) is 3. The van der Waals surface area contributed by atoms with Gasteiger partial charge in [-0.1, -0.05) is 12.1 Å². The smallest absolute Gasteiger partial charge is 0.261 e. The minimum Gasteiger partial charge on any atom is -0.493 e. The normalized spacial score (nSPS) is 10.5. The molecule has 0 radical (unpaired) electrons. The van der Waals surface area contributed by atoms with Gasteiger partial charge < -0.3 is 29.8 Å². The first kappa shape index (κ1) is 23.4. The quantitative estimate of drug-likeness (QED) is 0.373. The number of hydrogen-bond acceptors (Lipinski definition) is 6. The van der Waals surface area contributed by atoms with Gasteiger partial charge in [-0.15, -0.1) is 0 Å². The lowest BCUT2D eigenvalue weighted by atomic mass is 10.1. The van der Waals surface area contributed by atoms with E-state index in [2.05, 4.69) is 15.6 Å². The molecule has 0 aliphatic carbocycles. The fraction of sp³-hybridized carbons (Fsp3) is 0.115. The average molecular weight is 473 g/mol. The van der Waals surface area contributed by atoms with Gasteiger partial charge in [-0.3, -0.25) is 14.4 Å². The van der Waals surface area contributed by atoms with Crippen LogP contribution in [-0.2, 0) is 0 Å². The summed E-state index contributed by atoms with van der Waals surface area (Å²) < 4.78 is 15.9. The van der Waals surface area contributed by atoms with Gasteiger partial charge >= 0.3 is 0 Å². The number of carbonyl (C=O) groups is 2. The molecule has 35 heavy (non-hydrogen) atoms. The van der Waals surface area contributed by atoms with Crippen molar-refractivity contribution in [1.82, 2.24) is 4.98 Å². The molecule has 3 N–H and O–H groups in total. The van der Waals surface area contributed by atoms with E-state index in [1.807, 2.05) is 0 Å². The first-order valence-corrected chi connectivity index (χ1v) is 10.6. The van der Waals surface area contributed by atoms with Crippen LogP contribution >= 0.6 is 0 Å². The van der Waals surface area contributed by atoms with E-state index in [0.717, 1.165) is 0 Å². The van der Waals surface area contributed by atoms with E-state index in [1.54, 1.807) is 60.7 Å². The number of pyridine rings is 1. The third-order valence-corrected chi connectivity index (χ3v) is 5.36. The van der Waals surface area contributed by atoms with Crippen LogP contribution in [0.4, 0.5) is 11.4 Å². The van der Waals surface area contributed by atoms with E-state index in [0.29, 0.717) is 45.1 Å². The highest BCUT2D eigenvalue weighted by Crippen LogP contribution is 2.38. The molecule has 1 heterocycles. The molecular weight excluding hydrogens is 450 g/mol. The van der Waals surface area contributed by atoms with Gasteiger partial charge in [-0.25, -0.2) is 0 Å². The number of fused-ring (bicyclic) bond motifs is 1. The van der Waals surface area contributed by atoms with E-state index in [1.165, 1.54) is 27.5 Å². The zero-order valence-corrected chi connectivity index (χ0v) is 19.3. The molecule has 0 saturated carbocycles. The number of nitrogens with one attached hydrogen (secondary N) is 3. The lowest BCUT2D eigenvalue weighted by Gasteiger charge is -2.14. The highest BCUT2D eigenvalue weighted by atomic mass is 16.5.